The minimum Gasteiger partial charge on any atom is -0.464 e. The second kappa shape index (κ2) is 14.8. The molecule has 2 aliphatic heterocycles. The predicted octanol–water partition coefficient (Wildman–Crippen LogP) is 8.50. The molecule has 2 saturated heterocycles. The number of hydrogen-bond acceptors (Lipinski definition) is 7. The highest BCUT2D eigenvalue weighted by atomic mass is 32.2. The van der Waals surface area contributed by atoms with Crippen molar-refractivity contribution in [3.63, 3.8) is 0 Å². The van der Waals surface area contributed by atoms with Gasteiger partial charge in [0, 0.05) is 40.7 Å². The fourth-order valence-electron chi connectivity index (χ4n) is 7.91. The molecule has 5 heterocycles. The molecule has 0 saturated carbocycles. The summed E-state index contributed by atoms with van der Waals surface area (Å²) in [6.45, 7) is 11.7. The Hall–Kier alpha value is -4.72. The van der Waals surface area contributed by atoms with E-state index in [0.29, 0.717) is 23.2 Å². The van der Waals surface area contributed by atoms with Gasteiger partial charge in [0.2, 0.25) is 10.0 Å². The van der Waals surface area contributed by atoms with E-state index in [2.05, 4.69) is 42.2 Å². The molecule has 2 aliphatic rings. The summed E-state index contributed by atoms with van der Waals surface area (Å²) in [4.78, 5) is 30.3. The van der Waals surface area contributed by atoms with Crippen molar-refractivity contribution in [3.05, 3.63) is 111 Å². The lowest BCUT2D eigenvalue weighted by atomic mass is 9.85. The maximum Gasteiger partial charge on any atom is 0.324 e. The number of furan rings is 1. The highest BCUT2D eigenvalue weighted by Crippen LogP contribution is 2.42. The van der Waals surface area contributed by atoms with Gasteiger partial charge in [-0.05, 0) is 100 Å². The number of benzene rings is 2. The minimum absolute atomic E-state index is 0.00828. The number of rotatable bonds is 10. The number of hydrogen-bond donors (Lipinski definition) is 3. The fraction of sp³-hybridized carbons (Fsp3) is 0.390. The number of urea groups is 1. The van der Waals surface area contributed by atoms with Crippen LogP contribution in [0.25, 0.3) is 5.69 Å². The van der Waals surface area contributed by atoms with Gasteiger partial charge in [0.25, 0.3) is 5.91 Å². The lowest BCUT2D eigenvalue weighted by Gasteiger charge is -2.39. The number of piperidine rings is 1. The van der Waals surface area contributed by atoms with Crippen molar-refractivity contribution < 1.29 is 22.4 Å². The van der Waals surface area contributed by atoms with Crippen LogP contribution >= 0.6 is 11.3 Å². The smallest absolute Gasteiger partial charge is 0.324 e. The van der Waals surface area contributed by atoms with Crippen LogP contribution in [-0.2, 0) is 28.4 Å². The number of aromatic nitrogens is 2. The summed E-state index contributed by atoms with van der Waals surface area (Å²) in [6, 6.07) is 21.2. The first kappa shape index (κ1) is 37.6. The van der Waals surface area contributed by atoms with Crippen LogP contribution in [0.15, 0.2) is 81.4 Å². The fourth-order valence-corrected chi connectivity index (χ4v) is 10.1. The lowest BCUT2D eigenvalue weighted by Crippen LogP contribution is -2.47. The van der Waals surface area contributed by atoms with Crippen molar-refractivity contribution in [1.82, 2.24) is 19.4 Å². The average molecular weight is 769 g/mol. The van der Waals surface area contributed by atoms with Gasteiger partial charge in [-0.3, -0.25) is 10.1 Å². The van der Waals surface area contributed by atoms with Gasteiger partial charge in [-0.15, -0.1) is 11.3 Å². The maximum atomic E-state index is 14.2. The Labute approximate surface area is 321 Å². The Bertz CT molecular complexity index is 2250. The number of carbonyl (C=O) groups excluding carboxylic acids is 2. The normalized spacial score (nSPS) is 18.6. The zero-order valence-electron chi connectivity index (χ0n) is 31.6. The molecule has 3 amide bonds. The summed E-state index contributed by atoms with van der Waals surface area (Å²) >= 11 is 1.47. The quantitative estimate of drug-likeness (QED) is 0.130. The van der Waals surface area contributed by atoms with Crippen LogP contribution in [0.5, 0.6) is 0 Å². The number of carbonyl (C=O) groups is 2. The number of sulfonamides is 1. The zero-order valence-corrected chi connectivity index (χ0v) is 33.2. The van der Waals surface area contributed by atoms with Gasteiger partial charge in [-0.2, -0.15) is 5.10 Å². The third-order valence-corrected chi connectivity index (χ3v) is 12.9. The number of anilines is 2. The van der Waals surface area contributed by atoms with Gasteiger partial charge < -0.3 is 14.6 Å². The molecule has 3 aromatic heterocycles. The molecule has 54 heavy (non-hydrogen) atoms. The van der Waals surface area contributed by atoms with E-state index < -0.39 is 10.0 Å². The number of fused-ring (bicyclic) bond motifs is 2. The molecule has 2 atom stereocenters. The highest BCUT2D eigenvalue weighted by molar-refractivity contribution is 7.89. The molecule has 13 heteroatoms. The molecule has 11 nitrogen and oxygen atoms in total. The molecule has 3 N–H and O–H groups in total. The van der Waals surface area contributed by atoms with Crippen LogP contribution in [0.3, 0.4) is 0 Å². The number of aryl methyl sites for hydroxylation is 3. The summed E-state index contributed by atoms with van der Waals surface area (Å²) in [5, 5.41) is 12.7. The standard InChI is InChI=1S/C41H48N6O5S2/c1-25-12-14-31(15-13-25)47-36(23-35(45-47)41(4,5)6)44-40(49)43-30-10-7-9-28(20-30)19-29-21-32-16-17-33(22-29)46(32)39(48)37-26(2)52-27(3)38(37)54(50,51)42-24-34-11-8-18-53-34/h7-15,18,20,23,29,32-33,42H,16-17,19,21-22,24H2,1-6H3,(H2,43,44,49). The van der Waals surface area contributed by atoms with Gasteiger partial charge in [0.1, 0.15) is 27.8 Å². The second-order valence-corrected chi connectivity index (χ2v) is 18.4. The maximum absolute atomic E-state index is 14.2. The Balaban J connectivity index is 1.01. The van der Waals surface area contributed by atoms with Gasteiger partial charge in [0.05, 0.1) is 11.4 Å². The number of nitrogens with one attached hydrogen (secondary N) is 3. The zero-order chi connectivity index (χ0) is 38.4. The van der Waals surface area contributed by atoms with Crippen molar-refractivity contribution in [2.45, 2.75) is 103 Å². The molecule has 0 spiro atoms. The number of nitrogens with zero attached hydrogens (tertiary/aromatic N) is 3. The molecule has 0 radical (unpaired) electrons. The van der Waals surface area contributed by atoms with Crippen LogP contribution in [0.1, 0.15) is 90.0 Å². The van der Waals surface area contributed by atoms with Gasteiger partial charge in [-0.1, -0.05) is 56.7 Å². The Kier molecular flexibility index (Phi) is 10.3. The molecule has 2 fully saturated rings. The molecule has 2 bridgehead atoms. The third-order valence-electron chi connectivity index (χ3n) is 10.5. The van der Waals surface area contributed by atoms with Crippen LogP contribution in [0.4, 0.5) is 16.3 Å². The van der Waals surface area contributed by atoms with E-state index in [1.807, 2.05) is 77.9 Å². The second-order valence-electron chi connectivity index (χ2n) is 15.7. The monoisotopic (exact) mass is 768 g/mol. The number of amides is 3. The molecule has 2 aromatic carbocycles. The molecule has 7 rings (SSSR count). The van der Waals surface area contributed by atoms with E-state index in [-0.39, 0.29) is 52.2 Å². The van der Waals surface area contributed by atoms with Crippen molar-refractivity contribution in [2.24, 2.45) is 5.92 Å². The van der Waals surface area contributed by atoms with E-state index in [4.69, 9.17) is 9.52 Å². The Morgan fingerprint density at radius 3 is 2.31 bits per heavy atom. The summed E-state index contributed by atoms with van der Waals surface area (Å²) in [7, 11) is -4.00. The molecule has 0 aliphatic carbocycles. The first-order chi connectivity index (χ1) is 25.7. The SMILES string of the molecule is Cc1ccc(-n2nc(C(C)(C)C)cc2NC(=O)Nc2cccc(CC3CC4CCC(C3)N4C(=O)c3c(C)oc(C)c3S(=O)(=O)NCc3cccs3)c2)cc1. The van der Waals surface area contributed by atoms with Crippen LogP contribution in [0, 0.1) is 26.7 Å². The van der Waals surface area contributed by atoms with Gasteiger partial charge in [0.15, 0.2) is 0 Å². The Morgan fingerprint density at radius 1 is 0.926 bits per heavy atom. The van der Waals surface area contributed by atoms with Crippen molar-refractivity contribution in [2.75, 3.05) is 10.6 Å². The van der Waals surface area contributed by atoms with Gasteiger partial charge in [-0.25, -0.2) is 22.6 Å². The lowest BCUT2D eigenvalue weighted by molar-refractivity contribution is 0.0519. The summed E-state index contributed by atoms with van der Waals surface area (Å²) in [5.74, 6) is 1.17. The topological polar surface area (TPSA) is 139 Å². The first-order valence-electron chi connectivity index (χ1n) is 18.5. The highest BCUT2D eigenvalue weighted by Gasteiger charge is 2.45. The van der Waals surface area contributed by atoms with E-state index in [1.54, 1.807) is 18.5 Å². The first-order valence-corrected chi connectivity index (χ1v) is 20.8. The van der Waals surface area contributed by atoms with Crippen molar-refractivity contribution >= 4 is 44.8 Å². The van der Waals surface area contributed by atoms with Crippen LogP contribution in [-0.4, -0.2) is 47.1 Å². The van der Waals surface area contributed by atoms with E-state index >= 15 is 0 Å². The van der Waals surface area contributed by atoms with E-state index in [9.17, 15) is 18.0 Å². The predicted molar refractivity (Wildman–Crippen MR) is 212 cm³/mol. The molecule has 2 unspecified atom stereocenters. The van der Waals surface area contributed by atoms with Crippen LogP contribution in [0.2, 0.25) is 0 Å². The van der Waals surface area contributed by atoms with E-state index in [0.717, 1.165) is 59.5 Å². The van der Waals surface area contributed by atoms with Gasteiger partial charge >= 0.3 is 6.03 Å². The molecular formula is C41H48N6O5S2. The average Bonchev–Trinajstić information content (AvgIpc) is 3.90. The molecule has 5 aromatic rings. The van der Waals surface area contributed by atoms with Crippen LogP contribution < -0.4 is 15.4 Å². The Morgan fingerprint density at radius 2 is 1.65 bits per heavy atom. The number of thiophene rings is 1. The van der Waals surface area contributed by atoms with Crippen molar-refractivity contribution in [3.8, 4) is 5.69 Å². The van der Waals surface area contributed by atoms with E-state index in [1.165, 1.54) is 11.3 Å². The summed E-state index contributed by atoms with van der Waals surface area (Å²) in [6.07, 6.45) is 4.18. The summed E-state index contributed by atoms with van der Waals surface area (Å²) < 4.78 is 37.3. The third kappa shape index (κ3) is 7.89. The summed E-state index contributed by atoms with van der Waals surface area (Å²) in [5.41, 5.74) is 4.58. The minimum atomic E-state index is -4.00. The molecule has 284 valence electrons. The van der Waals surface area contributed by atoms with Crippen molar-refractivity contribution in [1.29, 1.82) is 0 Å². The molecular weight excluding hydrogens is 721 g/mol. The largest absolute Gasteiger partial charge is 0.464 e.